The standard InChI is InChI=1S/C14H20BrN3O3S/c1-17(11-14(19)18-9-2-7-16-8-10-18)22(20,21)13-5-3-12(15)4-6-13/h3-6,16H,2,7-11H2,1H3. The zero-order chi connectivity index (χ0) is 16.2. The zero-order valence-corrected chi connectivity index (χ0v) is 14.9. The molecule has 0 aromatic heterocycles. The first-order valence-corrected chi connectivity index (χ1v) is 9.35. The van der Waals surface area contributed by atoms with Crippen LogP contribution in [0, 0.1) is 0 Å². The van der Waals surface area contributed by atoms with Crippen LogP contribution in [0.5, 0.6) is 0 Å². The Hall–Kier alpha value is -0.960. The summed E-state index contributed by atoms with van der Waals surface area (Å²) in [5.74, 6) is -0.160. The van der Waals surface area contributed by atoms with Gasteiger partial charge >= 0.3 is 0 Å². The maximum Gasteiger partial charge on any atom is 0.243 e. The summed E-state index contributed by atoms with van der Waals surface area (Å²) < 4.78 is 26.8. The van der Waals surface area contributed by atoms with E-state index in [1.165, 1.54) is 19.2 Å². The van der Waals surface area contributed by atoms with Crippen LogP contribution in [0.25, 0.3) is 0 Å². The molecule has 0 unspecified atom stereocenters. The van der Waals surface area contributed by atoms with Crippen LogP contribution in [0.1, 0.15) is 6.42 Å². The third kappa shape index (κ3) is 4.28. The molecule has 0 bridgehead atoms. The number of nitrogens with one attached hydrogen (secondary N) is 1. The molecule has 1 amide bonds. The molecule has 2 rings (SSSR count). The van der Waals surface area contributed by atoms with Gasteiger partial charge in [0, 0.05) is 31.2 Å². The van der Waals surface area contributed by atoms with Crippen molar-refractivity contribution in [2.24, 2.45) is 0 Å². The molecule has 1 aromatic carbocycles. The Morgan fingerprint density at radius 2 is 1.95 bits per heavy atom. The van der Waals surface area contributed by atoms with Crippen molar-refractivity contribution >= 4 is 31.9 Å². The van der Waals surface area contributed by atoms with E-state index in [9.17, 15) is 13.2 Å². The molecule has 122 valence electrons. The lowest BCUT2D eigenvalue weighted by Crippen LogP contribution is -2.42. The number of carbonyl (C=O) groups excluding carboxylic acids is 1. The van der Waals surface area contributed by atoms with E-state index in [-0.39, 0.29) is 17.3 Å². The van der Waals surface area contributed by atoms with Crippen LogP contribution in [-0.2, 0) is 14.8 Å². The van der Waals surface area contributed by atoms with Crippen molar-refractivity contribution in [2.75, 3.05) is 39.8 Å². The fourth-order valence-electron chi connectivity index (χ4n) is 2.26. The second-order valence-electron chi connectivity index (χ2n) is 5.20. The topological polar surface area (TPSA) is 69.7 Å². The van der Waals surface area contributed by atoms with Gasteiger partial charge in [0.15, 0.2) is 0 Å². The molecular weight excluding hydrogens is 370 g/mol. The first kappa shape index (κ1) is 17.4. The average molecular weight is 390 g/mol. The third-order valence-electron chi connectivity index (χ3n) is 3.57. The highest BCUT2D eigenvalue weighted by atomic mass is 79.9. The van der Waals surface area contributed by atoms with Crippen LogP contribution in [0.4, 0.5) is 0 Å². The van der Waals surface area contributed by atoms with Gasteiger partial charge in [0.2, 0.25) is 15.9 Å². The van der Waals surface area contributed by atoms with Crippen LogP contribution in [0.3, 0.4) is 0 Å². The summed E-state index contributed by atoms with van der Waals surface area (Å²) in [6, 6.07) is 6.39. The minimum atomic E-state index is -3.65. The molecule has 1 fully saturated rings. The van der Waals surface area contributed by atoms with Crippen LogP contribution in [0.2, 0.25) is 0 Å². The molecule has 0 saturated carbocycles. The monoisotopic (exact) mass is 389 g/mol. The minimum absolute atomic E-state index is 0.140. The number of hydrogen-bond acceptors (Lipinski definition) is 4. The molecule has 0 atom stereocenters. The van der Waals surface area contributed by atoms with E-state index < -0.39 is 10.0 Å². The van der Waals surface area contributed by atoms with Crippen molar-refractivity contribution < 1.29 is 13.2 Å². The smallest absolute Gasteiger partial charge is 0.243 e. The van der Waals surface area contributed by atoms with Crippen molar-refractivity contribution in [1.82, 2.24) is 14.5 Å². The van der Waals surface area contributed by atoms with Crippen LogP contribution in [0.15, 0.2) is 33.6 Å². The number of hydrogen-bond donors (Lipinski definition) is 1. The van der Waals surface area contributed by atoms with Gasteiger partial charge in [-0.1, -0.05) is 15.9 Å². The molecule has 1 aliphatic rings. The maximum atomic E-state index is 12.5. The summed E-state index contributed by atoms with van der Waals surface area (Å²) in [5.41, 5.74) is 0. The molecule has 22 heavy (non-hydrogen) atoms. The summed E-state index contributed by atoms with van der Waals surface area (Å²) >= 11 is 3.27. The fraction of sp³-hybridized carbons (Fsp3) is 0.500. The minimum Gasteiger partial charge on any atom is -0.340 e. The molecule has 1 aromatic rings. The van der Waals surface area contributed by atoms with Gasteiger partial charge in [-0.3, -0.25) is 4.79 Å². The summed E-state index contributed by atoms with van der Waals surface area (Å²) in [7, 11) is -2.21. The van der Waals surface area contributed by atoms with E-state index in [0.29, 0.717) is 13.1 Å². The predicted octanol–water partition coefficient (Wildman–Crippen LogP) is 0.891. The van der Waals surface area contributed by atoms with Gasteiger partial charge < -0.3 is 10.2 Å². The Labute approximate surface area is 139 Å². The first-order valence-electron chi connectivity index (χ1n) is 7.11. The van der Waals surface area contributed by atoms with Crippen molar-refractivity contribution in [3.63, 3.8) is 0 Å². The number of halogens is 1. The molecule has 1 heterocycles. The number of nitrogens with zero attached hydrogens (tertiary/aromatic N) is 2. The number of carbonyl (C=O) groups is 1. The molecule has 0 spiro atoms. The lowest BCUT2D eigenvalue weighted by Gasteiger charge is -2.23. The van der Waals surface area contributed by atoms with Gasteiger partial charge in [0.05, 0.1) is 11.4 Å². The lowest BCUT2D eigenvalue weighted by atomic mass is 10.4. The normalized spacial score (nSPS) is 16.6. The highest BCUT2D eigenvalue weighted by Gasteiger charge is 2.25. The molecule has 0 aliphatic carbocycles. The van der Waals surface area contributed by atoms with Gasteiger partial charge in [0.1, 0.15) is 0 Å². The SMILES string of the molecule is CN(CC(=O)N1CCCNCC1)S(=O)(=O)c1ccc(Br)cc1. The van der Waals surface area contributed by atoms with E-state index in [2.05, 4.69) is 21.2 Å². The number of sulfonamides is 1. The fourth-order valence-corrected chi connectivity index (χ4v) is 3.64. The molecule has 8 heteroatoms. The quantitative estimate of drug-likeness (QED) is 0.829. The highest BCUT2D eigenvalue weighted by Crippen LogP contribution is 2.17. The number of benzene rings is 1. The Morgan fingerprint density at radius 1 is 1.27 bits per heavy atom. The molecule has 1 N–H and O–H groups in total. The molecular formula is C14H20BrN3O3S. The Morgan fingerprint density at radius 3 is 2.64 bits per heavy atom. The zero-order valence-electron chi connectivity index (χ0n) is 12.5. The Bertz CT molecular complexity index is 611. The van der Waals surface area contributed by atoms with E-state index in [1.54, 1.807) is 17.0 Å². The summed E-state index contributed by atoms with van der Waals surface area (Å²) in [6.45, 7) is 2.77. The van der Waals surface area contributed by atoms with E-state index in [0.717, 1.165) is 28.3 Å². The summed E-state index contributed by atoms with van der Waals surface area (Å²) in [5, 5.41) is 3.22. The number of amides is 1. The highest BCUT2D eigenvalue weighted by molar-refractivity contribution is 9.10. The predicted molar refractivity (Wildman–Crippen MR) is 88.0 cm³/mol. The molecule has 6 nitrogen and oxygen atoms in total. The van der Waals surface area contributed by atoms with Crippen molar-refractivity contribution in [1.29, 1.82) is 0 Å². The van der Waals surface area contributed by atoms with E-state index in [1.807, 2.05) is 0 Å². The maximum absolute atomic E-state index is 12.5. The van der Waals surface area contributed by atoms with Gasteiger partial charge in [-0.25, -0.2) is 8.42 Å². The van der Waals surface area contributed by atoms with Crippen LogP contribution < -0.4 is 5.32 Å². The number of rotatable bonds is 4. The van der Waals surface area contributed by atoms with Gasteiger partial charge in [-0.2, -0.15) is 4.31 Å². The van der Waals surface area contributed by atoms with Gasteiger partial charge in [0.25, 0.3) is 0 Å². The Balaban J connectivity index is 2.05. The third-order valence-corrected chi connectivity index (χ3v) is 5.92. The molecule has 1 aliphatic heterocycles. The lowest BCUT2D eigenvalue weighted by molar-refractivity contribution is -0.131. The number of likely N-dealkylation sites (N-methyl/N-ethyl adjacent to an activating group) is 1. The summed E-state index contributed by atoms with van der Waals surface area (Å²) in [6.07, 6.45) is 0.884. The van der Waals surface area contributed by atoms with Gasteiger partial charge in [-0.05, 0) is 37.2 Å². The second-order valence-corrected chi connectivity index (χ2v) is 8.16. The van der Waals surface area contributed by atoms with Gasteiger partial charge in [-0.15, -0.1) is 0 Å². The van der Waals surface area contributed by atoms with Crippen molar-refractivity contribution in [2.45, 2.75) is 11.3 Å². The summed E-state index contributed by atoms with van der Waals surface area (Å²) in [4.78, 5) is 14.2. The van der Waals surface area contributed by atoms with Crippen LogP contribution >= 0.6 is 15.9 Å². The average Bonchev–Trinajstić information content (AvgIpc) is 2.76. The largest absolute Gasteiger partial charge is 0.340 e. The Kier molecular flexibility index (Phi) is 5.96. The van der Waals surface area contributed by atoms with E-state index >= 15 is 0 Å². The molecule has 1 saturated heterocycles. The van der Waals surface area contributed by atoms with E-state index in [4.69, 9.17) is 0 Å². The first-order chi connectivity index (χ1) is 10.4. The van der Waals surface area contributed by atoms with Crippen molar-refractivity contribution in [3.8, 4) is 0 Å². The van der Waals surface area contributed by atoms with Crippen molar-refractivity contribution in [3.05, 3.63) is 28.7 Å². The second kappa shape index (κ2) is 7.54. The van der Waals surface area contributed by atoms with Crippen LogP contribution in [-0.4, -0.2) is 63.3 Å². The molecule has 0 radical (unpaired) electrons.